The average molecular weight is 436 g/mol. The van der Waals surface area contributed by atoms with E-state index in [0.717, 1.165) is 49.7 Å². The van der Waals surface area contributed by atoms with Crippen LogP contribution in [0.3, 0.4) is 0 Å². The van der Waals surface area contributed by atoms with Crippen LogP contribution in [0.5, 0.6) is 0 Å². The molecule has 1 heterocycles. The second-order valence-electron chi connectivity index (χ2n) is 7.92. The number of nitrogens with one attached hydrogen (secondary N) is 2. The molecule has 0 saturated carbocycles. The molecule has 1 aliphatic rings. The van der Waals surface area contributed by atoms with Crippen LogP contribution in [0, 0.1) is 11.8 Å². The van der Waals surface area contributed by atoms with E-state index < -0.39 is 11.7 Å². The molecule has 4 nitrogen and oxygen atoms in total. The Morgan fingerprint density at radius 2 is 1.84 bits per heavy atom. The molecule has 170 valence electrons. The lowest BCUT2D eigenvalue weighted by Crippen LogP contribution is -2.32. The fourth-order valence-electron chi connectivity index (χ4n) is 3.66. The van der Waals surface area contributed by atoms with Crippen molar-refractivity contribution in [3.05, 3.63) is 65.7 Å². The van der Waals surface area contributed by atoms with Crippen molar-refractivity contribution >= 4 is 11.6 Å². The van der Waals surface area contributed by atoms with Crippen molar-refractivity contribution in [2.75, 3.05) is 25.0 Å². The summed E-state index contributed by atoms with van der Waals surface area (Å²) in [5, 5.41) is 6.30. The van der Waals surface area contributed by atoms with E-state index in [0.29, 0.717) is 18.3 Å². The smallest absolute Gasteiger partial charge is 0.385 e. The topological polar surface area (TPSA) is 67.2 Å². The zero-order valence-corrected chi connectivity index (χ0v) is 17.9. The fourth-order valence-corrected chi connectivity index (χ4v) is 3.66. The van der Waals surface area contributed by atoms with Gasteiger partial charge < -0.3 is 16.4 Å². The molecule has 2 atom stereocenters. The van der Waals surface area contributed by atoms with Crippen LogP contribution < -0.4 is 16.4 Å². The molecular formula is C24H32F3N3O. The van der Waals surface area contributed by atoms with Gasteiger partial charge in [0, 0.05) is 12.2 Å². The maximum atomic E-state index is 12.9. The predicted molar refractivity (Wildman–Crippen MR) is 119 cm³/mol. The fraction of sp³-hybridized carbons (Fsp3) is 0.458. The lowest BCUT2D eigenvalue weighted by atomic mass is 9.86. The third-order valence-electron chi connectivity index (χ3n) is 5.48. The van der Waals surface area contributed by atoms with Crippen LogP contribution in [0.15, 0.2) is 54.6 Å². The number of fused-ring (bicyclic) bond motifs is 1. The van der Waals surface area contributed by atoms with Gasteiger partial charge in [-0.1, -0.05) is 49.7 Å². The Morgan fingerprint density at radius 3 is 2.39 bits per heavy atom. The summed E-state index contributed by atoms with van der Waals surface area (Å²) in [4.78, 5) is 10.8. The number of carbonyl (C=O) groups excluding carboxylic acids is 1. The number of nitrogens with two attached hydrogens (primary N) is 1. The third kappa shape index (κ3) is 9.00. The first-order valence-electron chi connectivity index (χ1n) is 10.7. The number of amides is 1. The minimum atomic E-state index is -4.30. The molecule has 4 N–H and O–H groups in total. The van der Waals surface area contributed by atoms with E-state index in [2.05, 4.69) is 17.6 Å². The van der Waals surface area contributed by atoms with Crippen LogP contribution >= 0.6 is 0 Å². The zero-order chi connectivity index (χ0) is 22.7. The molecule has 7 heteroatoms. The highest BCUT2D eigenvalue weighted by atomic mass is 19.4. The first-order valence-corrected chi connectivity index (χ1v) is 10.7. The number of benzene rings is 2. The molecular weight excluding hydrogens is 403 g/mol. The molecule has 2 aromatic rings. The van der Waals surface area contributed by atoms with Crippen molar-refractivity contribution in [3.63, 3.8) is 0 Å². The third-order valence-corrected chi connectivity index (χ3v) is 5.48. The van der Waals surface area contributed by atoms with Crippen molar-refractivity contribution in [2.45, 2.75) is 38.8 Å². The van der Waals surface area contributed by atoms with E-state index >= 15 is 0 Å². The van der Waals surface area contributed by atoms with Crippen LogP contribution in [0.25, 0.3) is 0 Å². The summed E-state index contributed by atoms with van der Waals surface area (Å²) in [5.74, 6) is 0.381. The molecule has 31 heavy (non-hydrogen) atoms. The number of halogens is 3. The lowest BCUT2D eigenvalue weighted by Gasteiger charge is -2.28. The summed E-state index contributed by atoms with van der Waals surface area (Å²) in [5.41, 5.74) is 6.07. The van der Waals surface area contributed by atoms with Gasteiger partial charge >= 0.3 is 6.18 Å². The van der Waals surface area contributed by atoms with E-state index in [9.17, 15) is 18.0 Å². The molecule has 0 saturated heterocycles. The molecule has 0 aliphatic carbocycles. The highest BCUT2D eigenvalue weighted by Crippen LogP contribution is 2.35. The standard InChI is InChI=1S/C18H26F3N3O.C6H6/c1-2-12(9-23-11-17(22)25)3-4-13-7-14-8-15(18(19,20)21)5-6-16(14)24-10-13;1-2-4-6-5-3-1/h5-6,8,12-13,23-24H,2-4,7,9-11H2,1H3,(H2,22,25);1-6H. The highest BCUT2D eigenvalue weighted by molar-refractivity contribution is 5.75. The number of rotatable bonds is 8. The summed E-state index contributed by atoms with van der Waals surface area (Å²) in [6.07, 6.45) is -0.734. The Labute approximate surface area is 182 Å². The molecule has 0 radical (unpaired) electrons. The van der Waals surface area contributed by atoms with Crippen molar-refractivity contribution in [3.8, 4) is 0 Å². The number of alkyl halides is 3. The molecule has 0 fully saturated rings. The first kappa shape index (κ1) is 24.7. The van der Waals surface area contributed by atoms with Crippen LogP contribution in [-0.2, 0) is 17.4 Å². The van der Waals surface area contributed by atoms with Gasteiger partial charge in [-0.15, -0.1) is 0 Å². The van der Waals surface area contributed by atoms with Gasteiger partial charge in [-0.2, -0.15) is 13.2 Å². The molecule has 1 amide bonds. The number of hydrogen-bond donors (Lipinski definition) is 3. The molecule has 1 aliphatic heterocycles. The summed E-state index contributed by atoms with van der Waals surface area (Å²) in [6, 6.07) is 15.9. The van der Waals surface area contributed by atoms with Gasteiger partial charge in [0.2, 0.25) is 5.91 Å². The van der Waals surface area contributed by atoms with Crippen LogP contribution in [0.1, 0.15) is 37.3 Å². The van der Waals surface area contributed by atoms with E-state index in [1.807, 2.05) is 36.4 Å². The second-order valence-corrected chi connectivity index (χ2v) is 7.92. The van der Waals surface area contributed by atoms with Gasteiger partial charge in [-0.3, -0.25) is 4.79 Å². The van der Waals surface area contributed by atoms with Gasteiger partial charge in [-0.25, -0.2) is 0 Å². The van der Waals surface area contributed by atoms with Crippen molar-refractivity contribution < 1.29 is 18.0 Å². The van der Waals surface area contributed by atoms with E-state index in [1.54, 1.807) is 0 Å². The molecule has 0 aromatic heterocycles. The summed E-state index contributed by atoms with van der Waals surface area (Å²) in [6.45, 7) is 3.79. The van der Waals surface area contributed by atoms with E-state index in [1.165, 1.54) is 12.1 Å². The van der Waals surface area contributed by atoms with Crippen molar-refractivity contribution in [1.82, 2.24) is 5.32 Å². The lowest BCUT2D eigenvalue weighted by molar-refractivity contribution is -0.137. The predicted octanol–water partition coefficient (Wildman–Crippen LogP) is 4.86. The minimum absolute atomic E-state index is 0.176. The Balaban J connectivity index is 0.000000488. The normalized spacial score (nSPS) is 16.3. The summed E-state index contributed by atoms with van der Waals surface area (Å²) >= 11 is 0. The molecule has 2 aromatic carbocycles. The highest BCUT2D eigenvalue weighted by Gasteiger charge is 2.32. The Morgan fingerprint density at radius 1 is 1.19 bits per heavy atom. The molecule has 0 spiro atoms. The van der Waals surface area contributed by atoms with Gasteiger partial charge in [-0.05, 0) is 61.4 Å². The van der Waals surface area contributed by atoms with Crippen molar-refractivity contribution in [2.24, 2.45) is 17.6 Å². The van der Waals surface area contributed by atoms with E-state index in [-0.39, 0.29) is 12.5 Å². The van der Waals surface area contributed by atoms with Gasteiger partial charge in [0.15, 0.2) is 0 Å². The average Bonchev–Trinajstić information content (AvgIpc) is 2.76. The SMILES string of the molecule is CCC(CCC1CNc2ccc(C(F)(F)F)cc2C1)CNCC(N)=O.c1ccccc1. The van der Waals surface area contributed by atoms with Crippen LogP contribution in [0.2, 0.25) is 0 Å². The Kier molecular flexibility index (Phi) is 9.85. The summed E-state index contributed by atoms with van der Waals surface area (Å²) < 4.78 is 38.6. The van der Waals surface area contributed by atoms with Gasteiger partial charge in [0.1, 0.15) is 0 Å². The second kappa shape index (κ2) is 12.3. The molecule has 0 bridgehead atoms. The molecule has 3 rings (SSSR count). The molecule has 2 unspecified atom stereocenters. The Bertz CT molecular complexity index is 770. The monoisotopic (exact) mass is 435 g/mol. The van der Waals surface area contributed by atoms with Crippen LogP contribution in [0.4, 0.5) is 18.9 Å². The number of anilines is 1. The zero-order valence-electron chi connectivity index (χ0n) is 17.9. The first-order chi connectivity index (χ1) is 14.8. The number of carbonyl (C=O) groups is 1. The van der Waals surface area contributed by atoms with Crippen molar-refractivity contribution in [1.29, 1.82) is 0 Å². The number of hydrogen-bond acceptors (Lipinski definition) is 3. The van der Waals surface area contributed by atoms with Gasteiger partial charge in [0.05, 0.1) is 12.1 Å². The summed E-state index contributed by atoms with van der Waals surface area (Å²) in [7, 11) is 0. The number of primary amides is 1. The van der Waals surface area contributed by atoms with Crippen LogP contribution in [-0.4, -0.2) is 25.5 Å². The maximum Gasteiger partial charge on any atom is 0.416 e. The minimum Gasteiger partial charge on any atom is -0.385 e. The maximum absolute atomic E-state index is 12.9. The van der Waals surface area contributed by atoms with E-state index in [4.69, 9.17) is 5.73 Å². The largest absolute Gasteiger partial charge is 0.416 e. The Hall–Kier alpha value is -2.54. The quantitative estimate of drug-likeness (QED) is 0.555. The van der Waals surface area contributed by atoms with Gasteiger partial charge in [0.25, 0.3) is 0 Å².